The largest absolute Gasteiger partial charge is 0.477 e. The Bertz CT molecular complexity index is 1230. The number of nitrogens with zero attached hydrogens (tertiary/aromatic N) is 3. The van der Waals surface area contributed by atoms with Crippen molar-refractivity contribution in [2.24, 2.45) is 0 Å². The third kappa shape index (κ3) is 3.34. The summed E-state index contributed by atoms with van der Waals surface area (Å²) in [6.45, 7) is 0. The van der Waals surface area contributed by atoms with Crippen LogP contribution in [-0.4, -0.2) is 21.2 Å². The van der Waals surface area contributed by atoms with E-state index in [1.54, 1.807) is 18.2 Å². The number of rotatable bonds is 4. The zero-order valence-corrected chi connectivity index (χ0v) is 14.6. The smallest absolute Gasteiger partial charge is 0.346 e. The molecule has 4 rings (SSSR count). The third-order valence-corrected chi connectivity index (χ3v) is 4.94. The fourth-order valence-corrected chi connectivity index (χ4v) is 3.47. The van der Waals surface area contributed by atoms with E-state index in [-0.39, 0.29) is 5.57 Å². The Labute approximate surface area is 157 Å². The van der Waals surface area contributed by atoms with E-state index in [1.165, 1.54) is 17.4 Å². The number of hydrogen-bond donors (Lipinski definition) is 1. The lowest BCUT2D eigenvalue weighted by Crippen LogP contribution is -1.96. The van der Waals surface area contributed by atoms with Gasteiger partial charge in [0.25, 0.3) is 5.89 Å². The van der Waals surface area contributed by atoms with Crippen LogP contribution in [0.3, 0.4) is 0 Å². The molecule has 0 aliphatic heterocycles. The normalized spacial score (nSPS) is 11.4. The minimum Gasteiger partial charge on any atom is -0.477 e. The van der Waals surface area contributed by atoms with Crippen LogP contribution in [0, 0.1) is 11.3 Å². The molecule has 6 nitrogen and oxygen atoms in total. The second kappa shape index (κ2) is 6.86. The summed E-state index contributed by atoms with van der Waals surface area (Å²) in [5.74, 6) is -0.438. The predicted octanol–water partition coefficient (Wildman–Crippen LogP) is 4.61. The second-order valence-corrected chi connectivity index (χ2v) is 6.78. The van der Waals surface area contributed by atoms with Crippen LogP contribution >= 0.6 is 11.3 Å². The topological polar surface area (TPSA) is 100 Å². The fraction of sp³-hybridized carbons (Fsp3) is 0. The van der Waals surface area contributed by atoms with Crippen LogP contribution in [0.15, 0.2) is 64.7 Å². The monoisotopic (exact) mass is 373 g/mol. The molecule has 2 aromatic carbocycles. The van der Waals surface area contributed by atoms with E-state index in [4.69, 9.17) is 14.9 Å². The van der Waals surface area contributed by atoms with Gasteiger partial charge in [0.2, 0.25) is 5.82 Å². The molecule has 0 saturated carbocycles. The van der Waals surface area contributed by atoms with Crippen molar-refractivity contribution in [1.82, 2.24) is 10.1 Å². The molecule has 0 amide bonds. The molecule has 0 aliphatic carbocycles. The van der Waals surface area contributed by atoms with Crippen LogP contribution in [0.5, 0.6) is 0 Å². The van der Waals surface area contributed by atoms with Gasteiger partial charge in [-0.3, -0.25) is 0 Å². The van der Waals surface area contributed by atoms with Crippen molar-refractivity contribution in [3.8, 4) is 28.2 Å². The molecular weight excluding hydrogens is 362 g/mol. The van der Waals surface area contributed by atoms with Crippen LogP contribution in [0.4, 0.5) is 0 Å². The molecule has 2 aromatic heterocycles. The first-order valence-electron chi connectivity index (χ1n) is 7.92. The molecule has 1 N–H and O–H groups in total. The zero-order chi connectivity index (χ0) is 18.8. The molecule has 7 heteroatoms. The number of benzene rings is 2. The predicted molar refractivity (Wildman–Crippen MR) is 102 cm³/mol. The first-order chi connectivity index (χ1) is 13.1. The number of aromatic nitrogens is 2. The summed E-state index contributed by atoms with van der Waals surface area (Å²) >= 11 is 1.28. The molecule has 27 heavy (non-hydrogen) atoms. The Morgan fingerprint density at radius 2 is 1.96 bits per heavy atom. The highest BCUT2D eigenvalue weighted by atomic mass is 32.1. The lowest BCUT2D eigenvalue weighted by molar-refractivity contribution is -0.132. The highest BCUT2D eigenvalue weighted by Crippen LogP contribution is 2.30. The molecule has 0 saturated heterocycles. The van der Waals surface area contributed by atoms with Gasteiger partial charge in [-0.1, -0.05) is 35.5 Å². The minimum atomic E-state index is -1.26. The first-order valence-corrected chi connectivity index (χ1v) is 8.74. The van der Waals surface area contributed by atoms with Gasteiger partial charge in [-0.2, -0.15) is 10.2 Å². The van der Waals surface area contributed by atoms with Gasteiger partial charge in [-0.05, 0) is 41.1 Å². The van der Waals surface area contributed by atoms with E-state index < -0.39 is 5.97 Å². The second-order valence-electron chi connectivity index (χ2n) is 5.66. The molecule has 0 fully saturated rings. The van der Waals surface area contributed by atoms with E-state index in [9.17, 15) is 4.79 Å². The average Bonchev–Trinajstić information content (AvgIpc) is 3.35. The Balaban J connectivity index is 1.65. The van der Waals surface area contributed by atoms with Crippen molar-refractivity contribution in [2.75, 3.05) is 0 Å². The van der Waals surface area contributed by atoms with Gasteiger partial charge in [-0.25, -0.2) is 4.79 Å². The van der Waals surface area contributed by atoms with E-state index in [0.29, 0.717) is 16.6 Å². The van der Waals surface area contributed by atoms with Crippen LogP contribution in [0.25, 0.3) is 39.0 Å². The molecule has 0 radical (unpaired) electrons. The van der Waals surface area contributed by atoms with Gasteiger partial charge in [0.05, 0.1) is 4.88 Å². The van der Waals surface area contributed by atoms with Gasteiger partial charge >= 0.3 is 5.97 Å². The van der Waals surface area contributed by atoms with Gasteiger partial charge < -0.3 is 9.63 Å². The van der Waals surface area contributed by atoms with Gasteiger partial charge in [0.15, 0.2) is 0 Å². The number of aliphatic carboxylic acids is 1. The fourth-order valence-electron chi connectivity index (χ4n) is 2.60. The number of carboxylic acids is 1. The number of nitriles is 1. The van der Waals surface area contributed by atoms with Crippen molar-refractivity contribution >= 4 is 34.2 Å². The zero-order valence-electron chi connectivity index (χ0n) is 13.8. The van der Waals surface area contributed by atoms with Crippen molar-refractivity contribution in [3.05, 3.63) is 65.0 Å². The molecule has 0 aliphatic rings. The maximum atomic E-state index is 10.9. The molecule has 0 spiro atoms. The number of thiophene rings is 1. The van der Waals surface area contributed by atoms with Crippen molar-refractivity contribution in [2.45, 2.75) is 0 Å². The van der Waals surface area contributed by atoms with Crippen molar-refractivity contribution in [3.63, 3.8) is 0 Å². The maximum Gasteiger partial charge on any atom is 0.346 e. The Morgan fingerprint density at radius 3 is 2.74 bits per heavy atom. The summed E-state index contributed by atoms with van der Waals surface area (Å²) in [5.41, 5.74) is 0.495. The first kappa shape index (κ1) is 16.7. The standard InChI is InChI=1S/C20H11N3O3S/c21-11-15(20(24)25)10-16-7-8-17(27-16)18-22-19(26-23-18)14-6-5-12-3-1-2-4-13(12)9-14/h1-10H,(H,24,25)/b15-10+. The molecule has 2 heterocycles. The number of fused-ring (bicyclic) bond motifs is 1. The van der Waals surface area contributed by atoms with Gasteiger partial charge in [0, 0.05) is 10.4 Å². The number of carbonyl (C=O) groups is 1. The van der Waals surface area contributed by atoms with E-state index in [0.717, 1.165) is 21.2 Å². The Hall–Kier alpha value is -3.76. The SMILES string of the molecule is N#C/C(=C\c1ccc(-c2noc(-c3ccc4ccccc4c3)n2)s1)C(=O)O. The highest BCUT2D eigenvalue weighted by molar-refractivity contribution is 7.16. The summed E-state index contributed by atoms with van der Waals surface area (Å²) in [4.78, 5) is 16.7. The van der Waals surface area contributed by atoms with E-state index in [1.807, 2.05) is 42.5 Å². The molecule has 130 valence electrons. The number of hydrogen-bond acceptors (Lipinski definition) is 6. The highest BCUT2D eigenvalue weighted by Gasteiger charge is 2.14. The van der Waals surface area contributed by atoms with Crippen LogP contribution in [0.1, 0.15) is 4.88 Å². The molecule has 0 bridgehead atoms. The van der Waals surface area contributed by atoms with Gasteiger partial charge in [0.1, 0.15) is 11.6 Å². The minimum absolute atomic E-state index is 0.326. The summed E-state index contributed by atoms with van der Waals surface area (Å²) in [6, 6.07) is 19.1. The third-order valence-electron chi connectivity index (χ3n) is 3.91. The van der Waals surface area contributed by atoms with Crippen LogP contribution in [-0.2, 0) is 4.79 Å². The molecule has 0 atom stereocenters. The quantitative estimate of drug-likeness (QED) is 0.414. The van der Waals surface area contributed by atoms with Crippen molar-refractivity contribution < 1.29 is 14.4 Å². The Kier molecular flexibility index (Phi) is 4.24. The Morgan fingerprint density at radius 1 is 1.15 bits per heavy atom. The molecule has 0 unspecified atom stereocenters. The maximum absolute atomic E-state index is 10.9. The lowest BCUT2D eigenvalue weighted by Gasteiger charge is -1.98. The summed E-state index contributed by atoms with van der Waals surface area (Å²) in [7, 11) is 0. The summed E-state index contributed by atoms with van der Waals surface area (Å²) in [6.07, 6.45) is 1.32. The summed E-state index contributed by atoms with van der Waals surface area (Å²) in [5, 5.41) is 24.0. The van der Waals surface area contributed by atoms with E-state index in [2.05, 4.69) is 10.1 Å². The summed E-state index contributed by atoms with van der Waals surface area (Å²) < 4.78 is 5.39. The number of carboxylic acid groups (broad SMARTS) is 1. The van der Waals surface area contributed by atoms with E-state index >= 15 is 0 Å². The van der Waals surface area contributed by atoms with Crippen LogP contribution in [0.2, 0.25) is 0 Å². The molecular formula is C20H11N3O3S. The average molecular weight is 373 g/mol. The molecule has 4 aromatic rings. The van der Waals surface area contributed by atoms with Crippen molar-refractivity contribution in [1.29, 1.82) is 5.26 Å². The lowest BCUT2D eigenvalue weighted by atomic mass is 10.1. The van der Waals surface area contributed by atoms with Gasteiger partial charge in [-0.15, -0.1) is 11.3 Å². The van der Waals surface area contributed by atoms with Crippen LogP contribution < -0.4 is 0 Å².